The second-order valence-corrected chi connectivity index (χ2v) is 5.68. The van der Waals surface area contributed by atoms with Crippen LogP contribution in [0.5, 0.6) is 0 Å². The third-order valence-electron chi connectivity index (χ3n) is 2.95. The van der Waals surface area contributed by atoms with Gasteiger partial charge in [-0.2, -0.15) is 0 Å². The van der Waals surface area contributed by atoms with Crippen LogP contribution in [0.2, 0.25) is 0 Å². The van der Waals surface area contributed by atoms with Crippen LogP contribution < -0.4 is 5.32 Å². The van der Waals surface area contributed by atoms with Gasteiger partial charge in [-0.25, -0.2) is 0 Å². The minimum absolute atomic E-state index is 0.0596. The molecule has 0 aliphatic heterocycles. The highest BCUT2D eigenvalue weighted by Gasteiger charge is 2.26. The maximum Gasteiger partial charge on any atom is 0.303 e. The van der Waals surface area contributed by atoms with Crippen molar-refractivity contribution in [2.24, 2.45) is 0 Å². The summed E-state index contributed by atoms with van der Waals surface area (Å²) in [6, 6.07) is 0.506. The Morgan fingerprint density at radius 2 is 2.25 bits per heavy atom. The molecule has 0 bridgehead atoms. The molecule has 1 amide bonds. The van der Waals surface area contributed by atoms with E-state index in [1.54, 1.807) is 6.33 Å². The summed E-state index contributed by atoms with van der Waals surface area (Å²) in [4.78, 5) is 21.9. The normalized spacial score (nSPS) is 14.2. The number of amides is 1. The van der Waals surface area contributed by atoms with E-state index in [-0.39, 0.29) is 12.3 Å². The van der Waals surface area contributed by atoms with Crippen molar-refractivity contribution in [3.63, 3.8) is 0 Å². The second kappa shape index (κ2) is 7.28. The lowest BCUT2D eigenvalue weighted by Gasteiger charge is -2.05. The number of aromatic nitrogens is 3. The van der Waals surface area contributed by atoms with Crippen molar-refractivity contribution in [2.45, 2.75) is 43.3 Å². The minimum Gasteiger partial charge on any atom is -0.481 e. The van der Waals surface area contributed by atoms with Crippen LogP contribution in [0.15, 0.2) is 11.5 Å². The maximum absolute atomic E-state index is 11.6. The van der Waals surface area contributed by atoms with Crippen molar-refractivity contribution in [3.8, 4) is 0 Å². The molecule has 2 rings (SSSR count). The second-order valence-electron chi connectivity index (χ2n) is 4.74. The fourth-order valence-electron chi connectivity index (χ4n) is 1.75. The number of nitrogens with one attached hydrogen (secondary N) is 1. The van der Waals surface area contributed by atoms with E-state index in [1.807, 2.05) is 4.57 Å². The molecule has 1 aromatic rings. The first kappa shape index (κ1) is 14.8. The van der Waals surface area contributed by atoms with Gasteiger partial charge in [0, 0.05) is 19.0 Å². The summed E-state index contributed by atoms with van der Waals surface area (Å²) >= 11 is 1.38. The number of hydrogen-bond donors (Lipinski definition) is 2. The van der Waals surface area contributed by atoms with Crippen molar-refractivity contribution in [1.29, 1.82) is 0 Å². The summed E-state index contributed by atoms with van der Waals surface area (Å²) in [6.45, 7) is 0.516. The highest BCUT2D eigenvalue weighted by Crippen LogP contribution is 2.37. The zero-order valence-electron chi connectivity index (χ0n) is 11.1. The van der Waals surface area contributed by atoms with Crippen LogP contribution >= 0.6 is 11.8 Å². The molecule has 1 fully saturated rings. The van der Waals surface area contributed by atoms with Crippen molar-refractivity contribution in [1.82, 2.24) is 20.1 Å². The summed E-state index contributed by atoms with van der Waals surface area (Å²) in [5, 5.41) is 19.9. The number of aliphatic carboxylic acids is 1. The minimum atomic E-state index is -0.800. The lowest BCUT2D eigenvalue weighted by molar-refractivity contribution is -0.137. The van der Waals surface area contributed by atoms with Crippen LogP contribution in [0.1, 0.15) is 38.1 Å². The van der Waals surface area contributed by atoms with E-state index in [0.29, 0.717) is 31.2 Å². The lowest BCUT2D eigenvalue weighted by atomic mass is 10.2. The predicted octanol–water partition coefficient (Wildman–Crippen LogP) is 1.08. The van der Waals surface area contributed by atoms with Gasteiger partial charge >= 0.3 is 5.97 Å². The van der Waals surface area contributed by atoms with E-state index in [2.05, 4.69) is 15.5 Å². The third kappa shape index (κ3) is 4.84. The largest absolute Gasteiger partial charge is 0.481 e. The Morgan fingerprint density at radius 3 is 2.95 bits per heavy atom. The van der Waals surface area contributed by atoms with Crippen LogP contribution in [0, 0.1) is 0 Å². The van der Waals surface area contributed by atoms with Gasteiger partial charge in [-0.05, 0) is 25.7 Å². The summed E-state index contributed by atoms with van der Waals surface area (Å²) in [5.74, 6) is -0.549. The molecule has 110 valence electrons. The lowest BCUT2D eigenvalue weighted by Crippen LogP contribution is -2.26. The molecule has 8 heteroatoms. The van der Waals surface area contributed by atoms with Gasteiger partial charge in [0.1, 0.15) is 6.33 Å². The molecule has 2 N–H and O–H groups in total. The zero-order chi connectivity index (χ0) is 14.4. The molecule has 20 heavy (non-hydrogen) atoms. The monoisotopic (exact) mass is 298 g/mol. The van der Waals surface area contributed by atoms with Crippen molar-refractivity contribution < 1.29 is 14.7 Å². The van der Waals surface area contributed by atoms with Crippen LogP contribution in [0.3, 0.4) is 0 Å². The van der Waals surface area contributed by atoms with Crippen molar-refractivity contribution in [2.75, 3.05) is 12.3 Å². The Labute approximate surface area is 121 Å². The van der Waals surface area contributed by atoms with Gasteiger partial charge in [-0.3, -0.25) is 9.59 Å². The number of unbranched alkanes of at least 4 members (excludes halogenated alkanes) is 1. The highest BCUT2D eigenvalue weighted by atomic mass is 32.2. The molecule has 1 aliphatic rings. The number of carboxylic acid groups (broad SMARTS) is 1. The van der Waals surface area contributed by atoms with E-state index >= 15 is 0 Å². The Balaban J connectivity index is 1.60. The molecule has 7 nitrogen and oxygen atoms in total. The Hall–Kier alpha value is -1.57. The van der Waals surface area contributed by atoms with Gasteiger partial charge in [0.15, 0.2) is 5.16 Å². The molecule has 1 aliphatic carbocycles. The zero-order valence-corrected chi connectivity index (χ0v) is 11.9. The van der Waals surface area contributed by atoms with Crippen molar-refractivity contribution >= 4 is 23.6 Å². The molecule has 1 heterocycles. The first-order valence-corrected chi connectivity index (χ1v) is 7.66. The van der Waals surface area contributed by atoms with E-state index in [4.69, 9.17) is 5.11 Å². The van der Waals surface area contributed by atoms with Gasteiger partial charge in [0.2, 0.25) is 5.91 Å². The molecule has 0 atom stereocenters. The Bertz CT molecular complexity index is 473. The average molecular weight is 298 g/mol. The van der Waals surface area contributed by atoms with Crippen LogP contribution in [-0.4, -0.2) is 44.0 Å². The van der Waals surface area contributed by atoms with E-state index < -0.39 is 5.97 Å². The number of rotatable bonds is 9. The number of thioether (sulfide) groups is 1. The van der Waals surface area contributed by atoms with E-state index in [1.165, 1.54) is 11.8 Å². The molecule has 0 unspecified atom stereocenters. The first-order valence-electron chi connectivity index (χ1n) is 6.67. The number of carbonyl (C=O) groups is 2. The smallest absolute Gasteiger partial charge is 0.303 e. The molecule has 0 radical (unpaired) electrons. The van der Waals surface area contributed by atoms with Gasteiger partial charge in [-0.1, -0.05) is 11.8 Å². The molecular formula is C12H18N4O3S. The Morgan fingerprint density at radius 1 is 1.45 bits per heavy atom. The molecule has 0 aromatic carbocycles. The van der Waals surface area contributed by atoms with Crippen LogP contribution in [0.4, 0.5) is 0 Å². The number of hydrogen-bond acceptors (Lipinski definition) is 5. The molecule has 1 saturated carbocycles. The summed E-state index contributed by atoms with van der Waals surface area (Å²) in [7, 11) is 0. The van der Waals surface area contributed by atoms with Gasteiger partial charge in [0.25, 0.3) is 0 Å². The van der Waals surface area contributed by atoms with Crippen LogP contribution in [0.25, 0.3) is 0 Å². The van der Waals surface area contributed by atoms with E-state index in [9.17, 15) is 9.59 Å². The fourth-order valence-corrected chi connectivity index (χ4v) is 2.56. The molecule has 0 spiro atoms. The summed E-state index contributed by atoms with van der Waals surface area (Å²) in [5.41, 5.74) is 0. The summed E-state index contributed by atoms with van der Waals surface area (Å²) < 4.78 is 2.02. The molecular weight excluding hydrogens is 280 g/mol. The topological polar surface area (TPSA) is 97.1 Å². The predicted molar refractivity (Wildman–Crippen MR) is 73.5 cm³/mol. The standard InChI is InChI=1S/C12H18N4O3S/c17-10(13-6-2-1-3-11(18)19)7-20-12-15-14-8-16(12)9-4-5-9/h8-9H,1-7H2,(H,13,17)(H,18,19). The van der Waals surface area contributed by atoms with Gasteiger partial charge in [0.05, 0.1) is 5.75 Å². The fraction of sp³-hybridized carbons (Fsp3) is 0.667. The average Bonchev–Trinajstić information content (AvgIpc) is 3.14. The highest BCUT2D eigenvalue weighted by molar-refractivity contribution is 7.99. The quantitative estimate of drug-likeness (QED) is 0.523. The number of carbonyl (C=O) groups excluding carboxylic acids is 1. The molecule has 1 aromatic heterocycles. The maximum atomic E-state index is 11.6. The van der Waals surface area contributed by atoms with Gasteiger partial charge < -0.3 is 15.0 Å². The number of nitrogens with zero attached hydrogens (tertiary/aromatic N) is 3. The molecule has 0 saturated heterocycles. The Kier molecular flexibility index (Phi) is 5.40. The summed E-state index contributed by atoms with van der Waals surface area (Å²) in [6.07, 6.45) is 5.43. The van der Waals surface area contributed by atoms with E-state index in [0.717, 1.165) is 18.0 Å². The SMILES string of the molecule is O=C(O)CCCCNC(=O)CSc1nncn1C1CC1. The van der Waals surface area contributed by atoms with Crippen LogP contribution in [-0.2, 0) is 9.59 Å². The first-order chi connectivity index (χ1) is 9.66. The number of carboxylic acids is 1. The van der Waals surface area contributed by atoms with Gasteiger partial charge in [-0.15, -0.1) is 10.2 Å². The third-order valence-corrected chi connectivity index (χ3v) is 3.91. The van der Waals surface area contributed by atoms with Crippen molar-refractivity contribution in [3.05, 3.63) is 6.33 Å².